The van der Waals surface area contributed by atoms with Gasteiger partial charge in [-0.05, 0) is 44.7 Å². The van der Waals surface area contributed by atoms with Gasteiger partial charge in [-0.15, -0.1) is 11.3 Å². The molecule has 5 heteroatoms. The quantitative estimate of drug-likeness (QED) is 0.879. The highest BCUT2D eigenvalue weighted by Gasteiger charge is 2.24. The molecule has 0 unspecified atom stereocenters. The molecule has 1 aromatic heterocycles. The van der Waals surface area contributed by atoms with Crippen LogP contribution in [0.1, 0.15) is 48.6 Å². The summed E-state index contributed by atoms with van der Waals surface area (Å²) in [5.74, 6) is 1.46. The lowest BCUT2D eigenvalue weighted by atomic mass is 9.93. The van der Waals surface area contributed by atoms with Gasteiger partial charge in [-0.2, -0.15) is 0 Å². The van der Waals surface area contributed by atoms with Crippen molar-refractivity contribution in [2.45, 2.75) is 39.5 Å². The van der Waals surface area contributed by atoms with Gasteiger partial charge in [-0.1, -0.05) is 13.8 Å². The molecule has 0 atom stereocenters. The third-order valence-electron chi connectivity index (χ3n) is 4.06. The number of likely N-dealkylation sites (tertiary alicyclic amines) is 1. The highest BCUT2D eigenvalue weighted by molar-refractivity contribution is 7.09. The monoisotopic (exact) mass is 309 g/mol. The minimum Gasteiger partial charge on any atom is -0.337 e. The molecule has 1 fully saturated rings. The summed E-state index contributed by atoms with van der Waals surface area (Å²) in [6, 6.07) is 0. The lowest BCUT2D eigenvalue weighted by Gasteiger charge is -2.31. The number of carbonyl (C=O) groups excluding carboxylic acids is 1. The maximum absolute atomic E-state index is 12.5. The van der Waals surface area contributed by atoms with E-state index in [2.05, 4.69) is 24.1 Å². The number of hydrogen-bond acceptors (Lipinski definition) is 4. The Kier molecular flexibility index (Phi) is 6.18. The molecule has 1 N–H and O–H groups in total. The van der Waals surface area contributed by atoms with Crippen molar-refractivity contribution in [2.75, 3.05) is 26.7 Å². The first-order valence-electron chi connectivity index (χ1n) is 7.98. The number of amides is 1. The molecule has 0 saturated carbocycles. The van der Waals surface area contributed by atoms with Crippen molar-refractivity contribution in [3.05, 3.63) is 16.1 Å². The third-order valence-corrected chi connectivity index (χ3v) is 4.93. The Labute approximate surface area is 132 Å². The summed E-state index contributed by atoms with van der Waals surface area (Å²) in [4.78, 5) is 19.0. The van der Waals surface area contributed by atoms with Gasteiger partial charge in [0, 0.05) is 24.9 Å². The normalized spacial score (nSPS) is 16.7. The second-order valence-electron chi connectivity index (χ2n) is 6.35. The van der Waals surface area contributed by atoms with Gasteiger partial charge in [0.15, 0.2) is 0 Å². The summed E-state index contributed by atoms with van der Waals surface area (Å²) >= 11 is 1.61. The zero-order chi connectivity index (χ0) is 15.2. The van der Waals surface area contributed by atoms with Crippen LogP contribution in [0.5, 0.6) is 0 Å². The van der Waals surface area contributed by atoms with E-state index in [4.69, 9.17) is 0 Å². The second kappa shape index (κ2) is 7.90. The lowest BCUT2D eigenvalue weighted by Crippen LogP contribution is -2.39. The van der Waals surface area contributed by atoms with E-state index >= 15 is 0 Å². The van der Waals surface area contributed by atoms with Gasteiger partial charge in [-0.3, -0.25) is 4.79 Å². The molecule has 1 amide bonds. The Hall–Kier alpha value is -0.940. The number of piperidine rings is 1. The first kappa shape index (κ1) is 16.4. The van der Waals surface area contributed by atoms with Crippen molar-refractivity contribution in [3.8, 4) is 0 Å². The zero-order valence-electron chi connectivity index (χ0n) is 13.4. The van der Waals surface area contributed by atoms with E-state index in [1.807, 2.05) is 17.3 Å². The average Bonchev–Trinajstić information content (AvgIpc) is 2.92. The number of nitrogens with zero attached hydrogens (tertiary/aromatic N) is 2. The fourth-order valence-electron chi connectivity index (χ4n) is 2.79. The summed E-state index contributed by atoms with van der Waals surface area (Å²) in [5, 5.41) is 6.21. The molecule has 1 aliphatic rings. The van der Waals surface area contributed by atoms with E-state index in [9.17, 15) is 4.79 Å². The Balaban J connectivity index is 1.85. The van der Waals surface area contributed by atoms with Gasteiger partial charge < -0.3 is 10.2 Å². The molecule has 1 saturated heterocycles. The van der Waals surface area contributed by atoms with Gasteiger partial charge in [0.2, 0.25) is 0 Å². The Morgan fingerprint density at radius 2 is 2.19 bits per heavy atom. The van der Waals surface area contributed by atoms with Crippen molar-refractivity contribution in [3.63, 3.8) is 0 Å². The maximum atomic E-state index is 12.5. The van der Waals surface area contributed by atoms with Gasteiger partial charge in [0.25, 0.3) is 5.91 Å². The zero-order valence-corrected chi connectivity index (χ0v) is 14.2. The van der Waals surface area contributed by atoms with E-state index in [0.29, 0.717) is 11.6 Å². The van der Waals surface area contributed by atoms with Crippen LogP contribution < -0.4 is 5.32 Å². The Morgan fingerprint density at radius 3 is 2.81 bits per heavy atom. The van der Waals surface area contributed by atoms with Gasteiger partial charge in [-0.25, -0.2) is 4.98 Å². The third kappa shape index (κ3) is 4.78. The molecule has 0 spiro atoms. The SMILES string of the molecule is CNCCC1CCN(C(=O)c2csc(CC(C)C)n2)CC1. The van der Waals surface area contributed by atoms with Crippen LogP contribution in [0, 0.1) is 11.8 Å². The Morgan fingerprint density at radius 1 is 1.48 bits per heavy atom. The predicted molar refractivity (Wildman–Crippen MR) is 87.8 cm³/mol. The molecule has 4 nitrogen and oxygen atoms in total. The molecule has 0 aliphatic carbocycles. The van der Waals surface area contributed by atoms with Crippen molar-refractivity contribution in [1.29, 1.82) is 0 Å². The van der Waals surface area contributed by atoms with Crippen LogP contribution in [-0.2, 0) is 6.42 Å². The molecular weight excluding hydrogens is 282 g/mol. The van der Waals surface area contributed by atoms with Crippen molar-refractivity contribution >= 4 is 17.2 Å². The maximum Gasteiger partial charge on any atom is 0.273 e. The molecule has 21 heavy (non-hydrogen) atoms. The van der Waals surface area contributed by atoms with E-state index < -0.39 is 0 Å². The van der Waals surface area contributed by atoms with Crippen LogP contribution >= 0.6 is 11.3 Å². The molecular formula is C16H27N3OS. The highest BCUT2D eigenvalue weighted by atomic mass is 32.1. The smallest absolute Gasteiger partial charge is 0.273 e. The number of aromatic nitrogens is 1. The molecule has 0 aromatic carbocycles. The van der Waals surface area contributed by atoms with Crippen LogP contribution in [-0.4, -0.2) is 42.5 Å². The fraction of sp³-hybridized carbons (Fsp3) is 0.750. The van der Waals surface area contributed by atoms with Crippen LogP contribution in [0.15, 0.2) is 5.38 Å². The van der Waals surface area contributed by atoms with Crippen LogP contribution in [0.2, 0.25) is 0 Å². The molecule has 1 aromatic rings. The van der Waals surface area contributed by atoms with E-state index in [1.54, 1.807) is 11.3 Å². The predicted octanol–water partition coefficient (Wildman–Crippen LogP) is 2.80. The minimum atomic E-state index is 0.119. The summed E-state index contributed by atoms with van der Waals surface area (Å²) in [7, 11) is 2.00. The fourth-order valence-corrected chi connectivity index (χ4v) is 3.77. The van der Waals surface area contributed by atoms with E-state index in [1.165, 1.54) is 6.42 Å². The van der Waals surface area contributed by atoms with Gasteiger partial charge >= 0.3 is 0 Å². The topological polar surface area (TPSA) is 45.2 Å². The second-order valence-corrected chi connectivity index (χ2v) is 7.29. The standard InChI is InChI=1S/C16H27N3OS/c1-12(2)10-15-18-14(11-21-15)16(20)19-8-5-13(6-9-19)4-7-17-3/h11-13,17H,4-10H2,1-3H3. The molecule has 0 bridgehead atoms. The molecule has 2 heterocycles. The first-order chi connectivity index (χ1) is 10.1. The lowest BCUT2D eigenvalue weighted by molar-refractivity contribution is 0.0682. The number of hydrogen-bond donors (Lipinski definition) is 1. The number of rotatable bonds is 6. The molecule has 1 aliphatic heterocycles. The van der Waals surface area contributed by atoms with Crippen LogP contribution in [0.25, 0.3) is 0 Å². The summed E-state index contributed by atoms with van der Waals surface area (Å²) in [6.07, 6.45) is 4.42. The minimum absolute atomic E-state index is 0.119. The highest BCUT2D eigenvalue weighted by Crippen LogP contribution is 2.22. The van der Waals surface area contributed by atoms with Crippen LogP contribution in [0.3, 0.4) is 0 Å². The van der Waals surface area contributed by atoms with Gasteiger partial charge in [0.05, 0.1) is 5.01 Å². The van der Waals surface area contributed by atoms with Gasteiger partial charge in [0.1, 0.15) is 5.69 Å². The molecule has 2 rings (SSSR count). The van der Waals surface area contributed by atoms with E-state index in [-0.39, 0.29) is 5.91 Å². The largest absolute Gasteiger partial charge is 0.337 e. The van der Waals surface area contributed by atoms with Crippen molar-refractivity contribution < 1.29 is 4.79 Å². The number of carbonyl (C=O) groups is 1. The Bertz CT molecular complexity index is 450. The first-order valence-corrected chi connectivity index (χ1v) is 8.86. The average molecular weight is 309 g/mol. The number of nitrogens with one attached hydrogen (secondary N) is 1. The summed E-state index contributed by atoms with van der Waals surface area (Å²) in [5.41, 5.74) is 0.643. The van der Waals surface area contributed by atoms with Crippen molar-refractivity contribution in [1.82, 2.24) is 15.2 Å². The van der Waals surface area contributed by atoms with E-state index in [0.717, 1.165) is 49.8 Å². The molecule has 118 valence electrons. The van der Waals surface area contributed by atoms with Crippen LogP contribution in [0.4, 0.5) is 0 Å². The summed E-state index contributed by atoms with van der Waals surface area (Å²) in [6.45, 7) is 7.19. The van der Waals surface area contributed by atoms with Crippen molar-refractivity contribution in [2.24, 2.45) is 11.8 Å². The number of thiazole rings is 1. The summed E-state index contributed by atoms with van der Waals surface area (Å²) < 4.78 is 0. The molecule has 0 radical (unpaired) electrons.